The molecule has 0 radical (unpaired) electrons. The Morgan fingerprint density at radius 1 is 1.04 bits per heavy atom. The number of anilines is 1. The van der Waals surface area contributed by atoms with Crippen LogP contribution in [0, 0.1) is 11.3 Å². The van der Waals surface area contributed by atoms with Crippen LogP contribution in [-0.4, -0.2) is 74.7 Å². The molecular formula is C18H24N4O2. The molecule has 0 atom stereocenters. The molecule has 0 bridgehead atoms. The molecule has 0 saturated carbocycles. The average Bonchev–Trinajstić information content (AvgIpc) is 2.88. The van der Waals surface area contributed by atoms with E-state index in [9.17, 15) is 4.79 Å². The van der Waals surface area contributed by atoms with Crippen molar-refractivity contribution in [3.05, 3.63) is 29.8 Å². The molecule has 2 aliphatic rings. The zero-order valence-electron chi connectivity index (χ0n) is 14.0. The van der Waals surface area contributed by atoms with Crippen LogP contribution in [0.5, 0.6) is 0 Å². The summed E-state index contributed by atoms with van der Waals surface area (Å²) in [5.41, 5.74) is 1.83. The molecule has 2 saturated heterocycles. The highest BCUT2D eigenvalue weighted by Gasteiger charge is 2.21. The lowest BCUT2D eigenvalue weighted by molar-refractivity contribution is -0.136. The third-order valence-electron chi connectivity index (χ3n) is 4.67. The number of rotatable bonds is 3. The van der Waals surface area contributed by atoms with Crippen LogP contribution in [0.1, 0.15) is 12.0 Å². The highest BCUT2D eigenvalue weighted by atomic mass is 16.5. The van der Waals surface area contributed by atoms with Gasteiger partial charge in [-0.3, -0.25) is 9.69 Å². The first-order valence-electron chi connectivity index (χ1n) is 8.59. The first-order valence-corrected chi connectivity index (χ1v) is 8.59. The van der Waals surface area contributed by atoms with Crippen molar-refractivity contribution in [1.82, 2.24) is 9.80 Å². The van der Waals surface area contributed by atoms with Crippen molar-refractivity contribution < 1.29 is 9.53 Å². The van der Waals surface area contributed by atoms with Gasteiger partial charge in [-0.1, -0.05) is 0 Å². The van der Waals surface area contributed by atoms with Crippen molar-refractivity contribution in [3.8, 4) is 6.07 Å². The first kappa shape index (κ1) is 16.7. The van der Waals surface area contributed by atoms with Gasteiger partial charge < -0.3 is 14.5 Å². The number of amides is 1. The lowest BCUT2D eigenvalue weighted by atomic mass is 10.2. The van der Waals surface area contributed by atoms with E-state index >= 15 is 0 Å². The molecule has 6 heteroatoms. The van der Waals surface area contributed by atoms with E-state index in [1.54, 1.807) is 0 Å². The van der Waals surface area contributed by atoms with Crippen LogP contribution in [0.15, 0.2) is 24.3 Å². The van der Waals surface area contributed by atoms with Crippen LogP contribution in [0.25, 0.3) is 0 Å². The molecule has 1 aromatic carbocycles. The lowest BCUT2D eigenvalue weighted by Crippen LogP contribution is -2.46. The molecule has 2 heterocycles. The standard InChI is InChI=1S/C18H24N4O2/c19-14-16-2-4-17(5-3-16)21-7-1-6-20(8-9-21)15-18(23)22-10-12-24-13-11-22/h2-5H,1,6-13,15H2. The Labute approximate surface area is 143 Å². The molecule has 2 aliphatic heterocycles. The number of morpholine rings is 1. The van der Waals surface area contributed by atoms with Gasteiger partial charge in [0, 0.05) is 45.0 Å². The van der Waals surface area contributed by atoms with Gasteiger partial charge in [0.1, 0.15) is 0 Å². The van der Waals surface area contributed by atoms with Crippen molar-refractivity contribution in [1.29, 1.82) is 5.26 Å². The summed E-state index contributed by atoms with van der Waals surface area (Å²) in [6, 6.07) is 9.89. The summed E-state index contributed by atoms with van der Waals surface area (Å²) >= 11 is 0. The predicted molar refractivity (Wildman–Crippen MR) is 91.8 cm³/mol. The molecule has 0 aliphatic carbocycles. The molecule has 0 N–H and O–H groups in total. The summed E-state index contributed by atoms with van der Waals surface area (Å²) in [7, 11) is 0. The smallest absolute Gasteiger partial charge is 0.236 e. The number of carbonyl (C=O) groups excluding carboxylic acids is 1. The number of nitrogens with zero attached hydrogens (tertiary/aromatic N) is 4. The van der Waals surface area contributed by atoms with Gasteiger partial charge in [-0.25, -0.2) is 0 Å². The second-order valence-corrected chi connectivity index (χ2v) is 6.27. The normalized spacial score (nSPS) is 19.6. The van der Waals surface area contributed by atoms with Gasteiger partial charge in [0.15, 0.2) is 0 Å². The van der Waals surface area contributed by atoms with E-state index in [0.29, 0.717) is 38.4 Å². The maximum atomic E-state index is 12.4. The quantitative estimate of drug-likeness (QED) is 0.826. The van der Waals surface area contributed by atoms with E-state index in [1.165, 1.54) is 0 Å². The SMILES string of the molecule is N#Cc1ccc(N2CCCN(CC(=O)N3CCOCC3)CC2)cc1. The Kier molecular flexibility index (Phi) is 5.68. The summed E-state index contributed by atoms with van der Waals surface area (Å²) in [5.74, 6) is 0.213. The fourth-order valence-electron chi connectivity index (χ4n) is 3.24. The van der Waals surface area contributed by atoms with Gasteiger partial charge in [-0.15, -0.1) is 0 Å². The Balaban J connectivity index is 1.52. The van der Waals surface area contributed by atoms with E-state index in [-0.39, 0.29) is 5.91 Å². The molecule has 1 amide bonds. The molecule has 3 rings (SSSR count). The van der Waals surface area contributed by atoms with Crippen molar-refractivity contribution in [2.75, 3.05) is 63.9 Å². The largest absolute Gasteiger partial charge is 0.378 e. The third-order valence-corrected chi connectivity index (χ3v) is 4.67. The monoisotopic (exact) mass is 328 g/mol. The zero-order chi connectivity index (χ0) is 16.8. The van der Waals surface area contributed by atoms with Gasteiger partial charge >= 0.3 is 0 Å². The molecule has 24 heavy (non-hydrogen) atoms. The molecular weight excluding hydrogens is 304 g/mol. The Morgan fingerprint density at radius 2 is 1.79 bits per heavy atom. The van der Waals surface area contributed by atoms with Crippen LogP contribution < -0.4 is 4.90 Å². The van der Waals surface area contributed by atoms with E-state index in [0.717, 1.165) is 38.3 Å². The second kappa shape index (κ2) is 8.13. The fourth-order valence-corrected chi connectivity index (χ4v) is 3.24. The maximum Gasteiger partial charge on any atom is 0.236 e. The van der Waals surface area contributed by atoms with Crippen molar-refractivity contribution in [3.63, 3.8) is 0 Å². The molecule has 0 spiro atoms. The van der Waals surface area contributed by atoms with Crippen LogP contribution in [-0.2, 0) is 9.53 Å². The van der Waals surface area contributed by atoms with Gasteiger partial charge in [0.2, 0.25) is 5.91 Å². The van der Waals surface area contributed by atoms with Gasteiger partial charge in [-0.05, 0) is 30.7 Å². The molecule has 2 fully saturated rings. The van der Waals surface area contributed by atoms with Crippen molar-refractivity contribution >= 4 is 11.6 Å². The van der Waals surface area contributed by atoms with Crippen LogP contribution in [0.4, 0.5) is 5.69 Å². The Bertz CT molecular complexity index is 590. The van der Waals surface area contributed by atoms with E-state index in [2.05, 4.69) is 15.9 Å². The average molecular weight is 328 g/mol. The maximum absolute atomic E-state index is 12.4. The topological polar surface area (TPSA) is 59.8 Å². The summed E-state index contributed by atoms with van der Waals surface area (Å²) in [5, 5.41) is 8.90. The van der Waals surface area contributed by atoms with Crippen molar-refractivity contribution in [2.45, 2.75) is 6.42 Å². The number of hydrogen-bond acceptors (Lipinski definition) is 5. The molecule has 1 aromatic rings. The molecule has 0 aromatic heterocycles. The molecule has 6 nitrogen and oxygen atoms in total. The van der Waals surface area contributed by atoms with Crippen molar-refractivity contribution in [2.24, 2.45) is 0 Å². The summed E-state index contributed by atoms with van der Waals surface area (Å²) in [6.07, 6.45) is 1.04. The van der Waals surface area contributed by atoms with E-state index in [4.69, 9.17) is 10.00 Å². The number of ether oxygens (including phenoxy) is 1. The van der Waals surface area contributed by atoms with Crippen LogP contribution in [0.2, 0.25) is 0 Å². The first-order chi connectivity index (χ1) is 11.8. The lowest BCUT2D eigenvalue weighted by Gasteiger charge is -2.29. The van der Waals surface area contributed by atoms with E-state index < -0.39 is 0 Å². The predicted octanol–water partition coefficient (Wildman–Crippen LogP) is 0.929. The Morgan fingerprint density at radius 3 is 2.50 bits per heavy atom. The fraction of sp³-hybridized carbons (Fsp3) is 0.556. The minimum atomic E-state index is 0.213. The minimum absolute atomic E-state index is 0.213. The number of carbonyl (C=O) groups is 1. The van der Waals surface area contributed by atoms with Crippen LogP contribution >= 0.6 is 0 Å². The molecule has 128 valence electrons. The van der Waals surface area contributed by atoms with E-state index in [1.807, 2.05) is 29.2 Å². The third kappa shape index (κ3) is 4.25. The summed E-state index contributed by atoms with van der Waals surface area (Å²) in [4.78, 5) is 18.9. The number of nitriles is 1. The Hall–Kier alpha value is -2.10. The summed E-state index contributed by atoms with van der Waals surface area (Å²) in [6.45, 7) is 6.95. The minimum Gasteiger partial charge on any atom is -0.378 e. The van der Waals surface area contributed by atoms with Gasteiger partial charge in [0.05, 0.1) is 31.4 Å². The second-order valence-electron chi connectivity index (χ2n) is 6.27. The summed E-state index contributed by atoms with van der Waals surface area (Å²) < 4.78 is 5.31. The van der Waals surface area contributed by atoms with Crippen LogP contribution in [0.3, 0.4) is 0 Å². The number of benzene rings is 1. The highest BCUT2D eigenvalue weighted by molar-refractivity contribution is 5.78. The molecule has 0 unspecified atom stereocenters. The highest BCUT2D eigenvalue weighted by Crippen LogP contribution is 2.17. The number of hydrogen-bond donors (Lipinski definition) is 0. The van der Waals surface area contributed by atoms with Gasteiger partial charge in [0.25, 0.3) is 0 Å². The van der Waals surface area contributed by atoms with Gasteiger partial charge in [-0.2, -0.15) is 5.26 Å². The zero-order valence-corrected chi connectivity index (χ0v) is 14.0.